The lowest BCUT2D eigenvalue weighted by atomic mass is 10.1. The number of esters is 1. The molecule has 0 fully saturated rings. The predicted molar refractivity (Wildman–Crippen MR) is 92.4 cm³/mol. The summed E-state index contributed by atoms with van der Waals surface area (Å²) in [6.07, 6.45) is 0.940. The van der Waals surface area contributed by atoms with Gasteiger partial charge in [-0.1, -0.05) is 6.07 Å². The van der Waals surface area contributed by atoms with Crippen LogP contribution >= 0.6 is 23.7 Å². The molecule has 124 valence electrons. The molecule has 0 aliphatic carbocycles. The summed E-state index contributed by atoms with van der Waals surface area (Å²) in [6, 6.07) is 8.24. The van der Waals surface area contributed by atoms with Crippen molar-refractivity contribution in [3.05, 3.63) is 40.8 Å². The fraction of sp³-hybridized carbons (Fsp3) is 0.214. The number of benzene rings is 1. The first kappa shape index (κ1) is 17.6. The zero-order chi connectivity index (χ0) is 15.7. The minimum absolute atomic E-state index is 0. The van der Waals surface area contributed by atoms with Crippen LogP contribution in [0.15, 0.2) is 34.5 Å². The summed E-state index contributed by atoms with van der Waals surface area (Å²) < 4.78 is 31.9. The summed E-state index contributed by atoms with van der Waals surface area (Å²) in [7, 11) is -2.46. The number of anilines is 2. The number of hydrogen-bond acceptors (Lipinski definition) is 6. The van der Waals surface area contributed by atoms with Crippen molar-refractivity contribution in [3.63, 3.8) is 0 Å². The second-order valence-corrected chi connectivity index (χ2v) is 7.76. The molecule has 2 heterocycles. The highest BCUT2D eigenvalue weighted by Gasteiger charge is 2.20. The Morgan fingerprint density at radius 1 is 1.30 bits per heavy atom. The van der Waals surface area contributed by atoms with Crippen LogP contribution in [0.25, 0.3) is 0 Å². The lowest BCUT2D eigenvalue weighted by molar-refractivity contribution is 0.0606. The topological polar surface area (TPSA) is 84.5 Å². The summed E-state index contributed by atoms with van der Waals surface area (Å²) in [5.41, 5.74) is 2.61. The molecule has 1 aromatic heterocycles. The number of rotatable bonds is 4. The number of ether oxygens (including phenoxy) is 1. The Balaban J connectivity index is 0.00000192. The second kappa shape index (κ2) is 6.77. The molecule has 6 nitrogen and oxygen atoms in total. The van der Waals surface area contributed by atoms with Crippen LogP contribution < -0.4 is 10.0 Å². The molecule has 0 radical (unpaired) electrons. The number of thiophene rings is 1. The van der Waals surface area contributed by atoms with E-state index in [2.05, 4.69) is 14.8 Å². The van der Waals surface area contributed by atoms with E-state index < -0.39 is 16.0 Å². The minimum Gasteiger partial charge on any atom is -0.465 e. The van der Waals surface area contributed by atoms with E-state index in [1.807, 2.05) is 6.07 Å². The molecular formula is C14H15ClN2O4S2. The molecule has 0 bridgehead atoms. The number of hydrogen-bond donors (Lipinski definition) is 2. The number of fused-ring (bicyclic) bond motifs is 1. The van der Waals surface area contributed by atoms with Gasteiger partial charge in [-0.15, -0.1) is 23.7 Å². The molecule has 0 unspecified atom stereocenters. The average molecular weight is 375 g/mol. The molecule has 0 atom stereocenters. The van der Waals surface area contributed by atoms with Gasteiger partial charge in [-0.3, -0.25) is 4.72 Å². The highest BCUT2D eigenvalue weighted by atomic mass is 35.5. The third kappa shape index (κ3) is 3.60. The molecule has 23 heavy (non-hydrogen) atoms. The van der Waals surface area contributed by atoms with Crippen LogP contribution in [0, 0.1) is 0 Å². The molecule has 1 aliphatic heterocycles. The zero-order valence-electron chi connectivity index (χ0n) is 12.2. The molecule has 0 saturated carbocycles. The standard InChI is InChI=1S/C14H14N2O4S2.ClH/c1-20-14(17)12-4-5-13(21-12)22(18,19)16-10-3-2-9-6-7-15-11(9)8-10;/h2-5,8,15-16H,6-7H2,1H3;1H. The minimum atomic E-state index is -3.72. The van der Waals surface area contributed by atoms with E-state index >= 15 is 0 Å². The van der Waals surface area contributed by atoms with Gasteiger partial charge >= 0.3 is 5.97 Å². The maximum Gasteiger partial charge on any atom is 0.348 e. The Morgan fingerprint density at radius 3 is 2.83 bits per heavy atom. The van der Waals surface area contributed by atoms with E-state index in [4.69, 9.17) is 0 Å². The Kier molecular flexibility index (Phi) is 5.18. The zero-order valence-corrected chi connectivity index (χ0v) is 14.6. The third-order valence-corrected chi connectivity index (χ3v) is 6.24. The maximum atomic E-state index is 12.4. The number of methoxy groups -OCH3 is 1. The Morgan fingerprint density at radius 2 is 2.09 bits per heavy atom. The lowest BCUT2D eigenvalue weighted by Gasteiger charge is -2.08. The molecule has 0 saturated heterocycles. The van der Waals surface area contributed by atoms with Gasteiger partial charge in [0, 0.05) is 12.2 Å². The Labute approximate surface area is 144 Å². The van der Waals surface area contributed by atoms with Gasteiger partial charge in [0.2, 0.25) is 0 Å². The maximum absolute atomic E-state index is 12.4. The van der Waals surface area contributed by atoms with Gasteiger partial charge in [0.15, 0.2) is 0 Å². The van der Waals surface area contributed by atoms with Crippen molar-refractivity contribution in [2.24, 2.45) is 0 Å². The number of nitrogens with one attached hydrogen (secondary N) is 2. The van der Waals surface area contributed by atoms with Crippen molar-refractivity contribution in [1.29, 1.82) is 0 Å². The highest BCUT2D eigenvalue weighted by molar-refractivity contribution is 7.94. The van der Waals surface area contributed by atoms with E-state index in [9.17, 15) is 13.2 Å². The van der Waals surface area contributed by atoms with Crippen molar-refractivity contribution in [2.75, 3.05) is 23.7 Å². The summed E-state index contributed by atoms with van der Waals surface area (Å²) in [6.45, 7) is 0.860. The highest BCUT2D eigenvalue weighted by Crippen LogP contribution is 2.28. The van der Waals surface area contributed by atoms with Crippen LogP contribution in [0.3, 0.4) is 0 Å². The van der Waals surface area contributed by atoms with Crippen LogP contribution in [-0.2, 0) is 21.2 Å². The van der Waals surface area contributed by atoms with Crippen molar-refractivity contribution >= 4 is 51.1 Å². The van der Waals surface area contributed by atoms with Crippen molar-refractivity contribution in [2.45, 2.75) is 10.6 Å². The van der Waals surface area contributed by atoms with Gasteiger partial charge in [0.1, 0.15) is 9.09 Å². The van der Waals surface area contributed by atoms with Crippen molar-refractivity contribution in [3.8, 4) is 0 Å². The van der Waals surface area contributed by atoms with Crippen LogP contribution in [0.1, 0.15) is 15.2 Å². The van der Waals surface area contributed by atoms with E-state index in [1.165, 1.54) is 24.8 Å². The first-order valence-corrected chi connectivity index (χ1v) is 8.87. The fourth-order valence-electron chi connectivity index (χ4n) is 2.23. The van der Waals surface area contributed by atoms with Gasteiger partial charge in [-0.25, -0.2) is 13.2 Å². The largest absolute Gasteiger partial charge is 0.465 e. The fourth-order valence-corrected chi connectivity index (χ4v) is 4.51. The monoisotopic (exact) mass is 374 g/mol. The van der Waals surface area contributed by atoms with E-state index in [0.29, 0.717) is 5.69 Å². The average Bonchev–Trinajstić information content (AvgIpc) is 3.14. The Hall–Kier alpha value is -1.77. The quantitative estimate of drug-likeness (QED) is 0.804. The SMILES string of the molecule is COC(=O)c1ccc(S(=O)(=O)Nc2ccc3c(c2)NCC3)s1.Cl. The number of halogens is 1. The molecule has 3 rings (SSSR count). The molecule has 0 amide bonds. The second-order valence-electron chi connectivity index (χ2n) is 4.76. The summed E-state index contributed by atoms with van der Waals surface area (Å²) in [5, 5.41) is 3.20. The number of carbonyl (C=O) groups excluding carboxylic acids is 1. The van der Waals surface area contributed by atoms with Crippen LogP contribution in [0.5, 0.6) is 0 Å². The smallest absolute Gasteiger partial charge is 0.348 e. The van der Waals surface area contributed by atoms with Gasteiger partial charge in [-0.2, -0.15) is 0 Å². The lowest BCUT2D eigenvalue weighted by Crippen LogP contribution is -2.11. The molecule has 1 aromatic carbocycles. The van der Waals surface area contributed by atoms with E-state index in [1.54, 1.807) is 12.1 Å². The van der Waals surface area contributed by atoms with Crippen molar-refractivity contribution < 1.29 is 17.9 Å². The van der Waals surface area contributed by atoms with Gasteiger partial charge < -0.3 is 10.1 Å². The first-order chi connectivity index (χ1) is 10.5. The molecule has 1 aliphatic rings. The molecule has 9 heteroatoms. The van der Waals surface area contributed by atoms with E-state index in [0.717, 1.165) is 30.0 Å². The van der Waals surface area contributed by atoms with Gasteiger partial charge in [-0.05, 0) is 36.2 Å². The molecule has 0 spiro atoms. The van der Waals surface area contributed by atoms with Gasteiger partial charge in [0.05, 0.1) is 12.8 Å². The summed E-state index contributed by atoms with van der Waals surface area (Å²) in [4.78, 5) is 11.7. The Bertz CT molecular complexity index is 833. The van der Waals surface area contributed by atoms with Crippen LogP contribution in [-0.4, -0.2) is 28.0 Å². The van der Waals surface area contributed by atoms with E-state index in [-0.39, 0.29) is 21.5 Å². The normalized spacial score (nSPS) is 12.7. The number of carbonyl (C=O) groups is 1. The first-order valence-electron chi connectivity index (χ1n) is 6.57. The summed E-state index contributed by atoms with van der Waals surface area (Å²) >= 11 is 0.877. The molecule has 2 aromatic rings. The van der Waals surface area contributed by atoms with Crippen molar-refractivity contribution in [1.82, 2.24) is 0 Å². The predicted octanol–water partition coefficient (Wildman–Crippen LogP) is 2.73. The van der Waals surface area contributed by atoms with Crippen LogP contribution in [0.2, 0.25) is 0 Å². The number of sulfonamides is 1. The molecule has 2 N–H and O–H groups in total. The van der Waals surface area contributed by atoms with Gasteiger partial charge in [0.25, 0.3) is 10.0 Å². The third-order valence-electron chi connectivity index (χ3n) is 3.30. The molecular weight excluding hydrogens is 360 g/mol. The summed E-state index contributed by atoms with van der Waals surface area (Å²) in [5.74, 6) is -0.548. The van der Waals surface area contributed by atoms with Crippen LogP contribution in [0.4, 0.5) is 11.4 Å².